The Labute approximate surface area is 108 Å². The summed E-state index contributed by atoms with van der Waals surface area (Å²) in [5.74, 6) is 2.61. The molecular formula is C15H32N2. The Morgan fingerprint density at radius 2 is 1.71 bits per heavy atom. The highest BCUT2D eigenvalue weighted by Gasteiger charge is 2.20. The summed E-state index contributed by atoms with van der Waals surface area (Å²) in [5, 5.41) is 3.79. The van der Waals surface area contributed by atoms with Crippen molar-refractivity contribution in [3.05, 3.63) is 0 Å². The Kier molecular flexibility index (Phi) is 6.50. The van der Waals surface area contributed by atoms with Gasteiger partial charge in [0.25, 0.3) is 0 Å². The normalized spacial score (nSPS) is 27.7. The molecule has 0 saturated heterocycles. The molecule has 1 N–H and O–H groups in total. The Balaban J connectivity index is 2.26. The van der Waals surface area contributed by atoms with Gasteiger partial charge < -0.3 is 10.2 Å². The minimum absolute atomic E-state index is 0.643. The molecule has 0 spiro atoms. The smallest absolute Gasteiger partial charge is 0.0217 e. The molecule has 102 valence electrons. The van der Waals surface area contributed by atoms with Crippen LogP contribution in [0.25, 0.3) is 0 Å². The van der Waals surface area contributed by atoms with Crippen molar-refractivity contribution in [1.82, 2.24) is 10.2 Å². The molecular weight excluding hydrogens is 208 g/mol. The van der Waals surface area contributed by atoms with Gasteiger partial charge in [-0.25, -0.2) is 0 Å². The fraction of sp³-hybridized carbons (Fsp3) is 1.00. The zero-order valence-electron chi connectivity index (χ0n) is 12.5. The van der Waals surface area contributed by atoms with Crippen LogP contribution in [-0.4, -0.2) is 38.1 Å². The highest BCUT2D eigenvalue weighted by molar-refractivity contribution is 4.77. The third-order valence-corrected chi connectivity index (χ3v) is 4.17. The van der Waals surface area contributed by atoms with Crippen LogP contribution < -0.4 is 5.32 Å². The van der Waals surface area contributed by atoms with E-state index >= 15 is 0 Å². The number of hydrogen-bond donors (Lipinski definition) is 1. The van der Waals surface area contributed by atoms with E-state index < -0.39 is 0 Å². The molecule has 0 aromatic carbocycles. The average molecular weight is 240 g/mol. The van der Waals surface area contributed by atoms with Gasteiger partial charge in [-0.2, -0.15) is 0 Å². The number of likely N-dealkylation sites (N-methyl/N-ethyl adjacent to an activating group) is 1. The highest BCUT2D eigenvalue weighted by Crippen LogP contribution is 2.27. The quantitative estimate of drug-likeness (QED) is 0.768. The number of nitrogens with one attached hydrogen (secondary N) is 1. The summed E-state index contributed by atoms with van der Waals surface area (Å²) in [5.41, 5.74) is 0. The fourth-order valence-electron chi connectivity index (χ4n) is 2.76. The standard InChI is InChI=1S/C15H32N2/c1-12(2)15(11-17(4)5)16-10-14-8-6-13(3)7-9-14/h12-16H,6-11H2,1-5H3. The molecule has 1 atom stereocenters. The van der Waals surface area contributed by atoms with Crippen LogP contribution in [0, 0.1) is 17.8 Å². The third kappa shape index (κ3) is 5.87. The van der Waals surface area contributed by atoms with Crippen LogP contribution in [0.15, 0.2) is 0 Å². The summed E-state index contributed by atoms with van der Waals surface area (Å²) >= 11 is 0. The molecule has 0 aromatic heterocycles. The van der Waals surface area contributed by atoms with E-state index in [0.717, 1.165) is 24.3 Å². The zero-order valence-corrected chi connectivity index (χ0v) is 12.5. The Bertz CT molecular complexity index is 193. The molecule has 17 heavy (non-hydrogen) atoms. The fourth-order valence-corrected chi connectivity index (χ4v) is 2.76. The lowest BCUT2D eigenvalue weighted by Gasteiger charge is -2.31. The second-order valence-electron chi connectivity index (χ2n) is 6.65. The van der Waals surface area contributed by atoms with Crippen LogP contribution in [0.4, 0.5) is 0 Å². The van der Waals surface area contributed by atoms with Crippen molar-refractivity contribution >= 4 is 0 Å². The predicted molar refractivity (Wildman–Crippen MR) is 76.3 cm³/mol. The van der Waals surface area contributed by atoms with Crippen molar-refractivity contribution in [1.29, 1.82) is 0 Å². The Morgan fingerprint density at radius 3 is 2.18 bits per heavy atom. The van der Waals surface area contributed by atoms with Gasteiger partial charge in [0.05, 0.1) is 0 Å². The first-order valence-corrected chi connectivity index (χ1v) is 7.37. The van der Waals surface area contributed by atoms with E-state index in [4.69, 9.17) is 0 Å². The van der Waals surface area contributed by atoms with E-state index in [2.05, 4.69) is 45.1 Å². The van der Waals surface area contributed by atoms with Crippen LogP contribution in [0.3, 0.4) is 0 Å². The molecule has 1 saturated carbocycles. The molecule has 0 bridgehead atoms. The molecule has 0 amide bonds. The zero-order chi connectivity index (χ0) is 12.8. The van der Waals surface area contributed by atoms with Crippen molar-refractivity contribution < 1.29 is 0 Å². The summed E-state index contributed by atoms with van der Waals surface area (Å²) in [6.45, 7) is 9.42. The minimum Gasteiger partial charge on any atom is -0.312 e. The summed E-state index contributed by atoms with van der Waals surface area (Å²) in [6, 6.07) is 0.643. The molecule has 0 aromatic rings. The number of rotatable bonds is 6. The summed E-state index contributed by atoms with van der Waals surface area (Å²) < 4.78 is 0. The Morgan fingerprint density at radius 1 is 1.12 bits per heavy atom. The van der Waals surface area contributed by atoms with Crippen LogP contribution in [-0.2, 0) is 0 Å². The molecule has 0 heterocycles. The SMILES string of the molecule is CC1CCC(CNC(CN(C)C)C(C)C)CC1. The molecule has 2 heteroatoms. The van der Waals surface area contributed by atoms with Crippen LogP contribution >= 0.6 is 0 Å². The van der Waals surface area contributed by atoms with Gasteiger partial charge in [0.1, 0.15) is 0 Å². The van der Waals surface area contributed by atoms with Crippen LogP contribution in [0.1, 0.15) is 46.5 Å². The maximum atomic E-state index is 3.79. The van der Waals surface area contributed by atoms with Crippen molar-refractivity contribution in [2.45, 2.75) is 52.5 Å². The maximum Gasteiger partial charge on any atom is 0.0217 e. The average Bonchev–Trinajstić information content (AvgIpc) is 2.25. The number of nitrogens with zero attached hydrogens (tertiary/aromatic N) is 1. The second-order valence-corrected chi connectivity index (χ2v) is 6.65. The van der Waals surface area contributed by atoms with E-state index in [1.54, 1.807) is 0 Å². The summed E-state index contributed by atoms with van der Waals surface area (Å²) in [6.07, 6.45) is 5.74. The summed E-state index contributed by atoms with van der Waals surface area (Å²) in [4.78, 5) is 2.29. The lowest BCUT2D eigenvalue weighted by Crippen LogP contribution is -2.44. The maximum absolute atomic E-state index is 3.79. The molecule has 0 aliphatic heterocycles. The van der Waals surface area contributed by atoms with Crippen LogP contribution in [0.5, 0.6) is 0 Å². The van der Waals surface area contributed by atoms with Gasteiger partial charge in [-0.3, -0.25) is 0 Å². The predicted octanol–water partition coefficient (Wildman–Crippen LogP) is 2.99. The van der Waals surface area contributed by atoms with E-state index in [1.807, 2.05) is 0 Å². The molecule has 1 rings (SSSR count). The van der Waals surface area contributed by atoms with Gasteiger partial charge in [-0.15, -0.1) is 0 Å². The minimum atomic E-state index is 0.643. The van der Waals surface area contributed by atoms with Gasteiger partial charge in [-0.1, -0.05) is 33.6 Å². The van der Waals surface area contributed by atoms with Crippen molar-refractivity contribution in [3.63, 3.8) is 0 Å². The van der Waals surface area contributed by atoms with Gasteiger partial charge >= 0.3 is 0 Å². The van der Waals surface area contributed by atoms with Gasteiger partial charge in [0.2, 0.25) is 0 Å². The molecule has 1 aliphatic rings. The topological polar surface area (TPSA) is 15.3 Å². The van der Waals surface area contributed by atoms with Gasteiger partial charge in [0, 0.05) is 12.6 Å². The monoisotopic (exact) mass is 240 g/mol. The Hall–Kier alpha value is -0.0800. The van der Waals surface area contributed by atoms with Crippen molar-refractivity contribution in [2.75, 3.05) is 27.2 Å². The third-order valence-electron chi connectivity index (χ3n) is 4.17. The molecule has 1 aliphatic carbocycles. The van der Waals surface area contributed by atoms with E-state index in [9.17, 15) is 0 Å². The van der Waals surface area contributed by atoms with Crippen molar-refractivity contribution in [3.8, 4) is 0 Å². The van der Waals surface area contributed by atoms with Crippen molar-refractivity contribution in [2.24, 2.45) is 17.8 Å². The molecule has 1 unspecified atom stereocenters. The largest absolute Gasteiger partial charge is 0.312 e. The number of hydrogen-bond acceptors (Lipinski definition) is 2. The van der Waals surface area contributed by atoms with E-state index in [1.165, 1.54) is 32.2 Å². The molecule has 1 fully saturated rings. The van der Waals surface area contributed by atoms with E-state index in [0.29, 0.717) is 6.04 Å². The second kappa shape index (κ2) is 7.38. The van der Waals surface area contributed by atoms with Gasteiger partial charge in [0.15, 0.2) is 0 Å². The highest BCUT2D eigenvalue weighted by atomic mass is 15.1. The molecule has 0 radical (unpaired) electrons. The van der Waals surface area contributed by atoms with Crippen LogP contribution in [0.2, 0.25) is 0 Å². The van der Waals surface area contributed by atoms with E-state index in [-0.39, 0.29) is 0 Å². The first-order chi connectivity index (χ1) is 7.99. The lowest BCUT2D eigenvalue weighted by atomic mass is 9.83. The first-order valence-electron chi connectivity index (χ1n) is 7.37. The molecule has 2 nitrogen and oxygen atoms in total. The lowest BCUT2D eigenvalue weighted by molar-refractivity contribution is 0.241. The van der Waals surface area contributed by atoms with Gasteiger partial charge in [-0.05, 0) is 51.2 Å². The first kappa shape index (κ1) is 15.0. The summed E-state index contributed by atoms with van der Waals surface area (Å²) in [7, 11) is 4.33.